The molecule has 0 unspecified atom stereocenters. The number of carbonyl (C=O) groups is 1. The van der Waals surface area contributed by atoms with E-state index in [0.29, 0.717) is 13.0 Å². The Hall–Kier alpha value is -2.12. The Labute approximate surface area is 223 Å². The monoisotopic (exact) mass is 508 g/mol. The molecule has 36 heavy (non-hydrogen) atoms. The third kappa shape index (κ3) is 7.69. The van der Waals surface area contributed by atoms with E-state index in [9.17, 15) is 4.79 Å². The van der Waals surface area contributed by atoms with E-state index in [-0.39, 0.29) is 11.4 Å². The highest BCUT2D eigenvalue weighted by Crippen LogP contribution is 2.47. The summed E-state index contributed by atoms with van der Waals surface area (Å²) in [7, 11) is 0. The normalized spacial score (nSPS) is 14.1. The van der Waals surface area contributed by atoms with E-state index < -0.39 is 0 Å². The van der Waals surface area contributed by atoms with E-state index in [2.05, 4.69) is 44.7 Å². The standard InChI is InChI=1S/C32H44O3S/c1-5-9-10-11-14-25-24-30-29(32(6-2,7-3)21-22-36-30)23-26(25)17-18-28-20-19-27(35-28)15-12-13-16-31(33)34-8-4/h19-20,23-24H,5-16,21-22H2,1-4H3. The summed E-state index contributed by atoms with van der Waals surface area (Å²) in [4.78, 5) is 13.0. The Morgan fingerprint density at radius 2 is 1.81 bits per heavy atom. The zero-order valence-electron chi connectivity index (χ0n) is 22.8. The maximum absolute atomic E-state index is 11.5. The minimum Gasteiger partial charge on any atom is -0.466 e. The number of carbonyl (C=O) groups excluding carboxylic acids is 1. The van der Waals surface area contributed by atoms with Gasteiger partial charge in [0, 0.05) is 23.3 Å². The van der Waals surface area contributed by atoms with Crippen molar-refractivity contribution in [3.8, 4) is 11.8 Å². The van der Waals surface area contributed by atoms with Gasteiger partial charge in [0.05, 0.1) is 6.61 Å². The zero-order chi connectivity index (χ0) is 25.8. The highest BCUT2D eigenvalue weighted by Gasteiger charge is 2.34. The van der Waals surface area contributed by atoms with Crippen molar-refractivity contribution in [2.24, 2.45) is 0 Å². The number of fused-ring (bicyclic) bond motifs is 1. The van der Waals surface area contributed by atoms with Crippen LogP contribution in [0.2, 0.25) is 0 Å². The van der Waals surface area contributed by atoms with Crippen molar-refractivity contribution in [3.05, 3.63) is 52.5 Å². The lowest BCUT2D eigenvalue weighted by molar-refractivity contribution is -0.143. The molecule has 0 radical (unpaired) electrons. The molecule has 2 aromatic rings. The number of unbranched alkanes of at least 4 members (excludes halogenated alkanes) is 4. The second-order valence-corrected chi connectivity index (χ2v) is 11.1. The molecule has 1 aliphatic rings. The average molecular weight is 509 g/mol. The molecule has 0 saturated carbocycles. The molecule has 0 saturated heterocycles. The number of thioether (sulfide) groups is 1. The Kier molecular flexibility index (Phi) is 11.5. The molecule has 0 amide bonds. The van der Waals surface area contributed by atoms with Gasteiger partial charge in [0.1, 0.15) is 5.76 Å². The Morgan fingerprint density at radius 3 is 2.56 bits per heavy atom. The van der Waals surface area contributed by atoms with Gasteiger partial charge in [-0.15, -0.1) is 11.8 Å². The predicted octanol–water partition coefficient (Wildman–Crippen LogP) is 8.63. The summed E-state index contributed by atoms with van der Waals surface area (Å²) in [5.41, 5.74) is 4.34. The predicted molar refractivity (Wildman–Crippen MR) is 151 cm³/mol. The third-order valence-corrected chi connectivity index (χ3v) is 8.67. The van der Waals surface area contributed by atoms with E-state index in [4.69, 9.17) is 9.15 Å². The fourth-order valence-electron chi connectivity index (χ4n) is 5.21. The van der Waals surface area contributed by atoms with Gasteiger partial charge < -0.3 is 9.15 Å². The number of hydrogen-bond donors (Lipinski definition) is 0. The summed E-state index contributed by atoms with van der Waals surface area (Å²) in [5.74, 6) is 9.57. The number of rotatable bonds is 13. The first-order valence-corrected chi connectivity index (χ1v) is 15.1. The van der Waals surface area contributed by atoms with Crippen molar-refractivity contribution < 1.29 is 13.9 Å². The van der Waals surface area contributed by atoms with Gasteiger partial charge in [0.2, 0.25) is 0 Å². The molecule has 0 spiro atoms. The van der Waals surface area contributed by atoms with Crippen LogP contribution in [-0.2, 0) is 27.8 Å². The van der Waals surface area contributed by atoms with E-state index in [1.54, 1.807) is 0 Å². The van der Waals surface area contributed by atoms with Crippen molar-refractivity contribution in [2.75, 3.05) is 12.4 Å². The minimum absolute atomic E-state index is 0.118. The molecule has 1 aliphatic heterocycles. The molecule has 0 bridgehead atoms. The highest BCUT2D eigenvalue weighted by atomic mass is 32.2. The molecule has 1 aromatic heterocycles. The van der Waals surface area contributed by atoms with Gasteiger partial charge in [-0.2, -0.15) is 0 Å². The molecule has 0 atom stereocenters. The van der Waals surface area contributed by atoms with Gasteiger partial charge in [-0.1, -0.05) is 46.0 Å². The summed E-state index contributed by atoms with van der Waals surface area (Å²) in [6, 6.07) is 8.86. The molecule has 1 aromatic carbocycles. The van der Waals surface area contributed by atoms with Crippen LogP contribution < -0.4 is 0 Å². The maximum atomic E-state index is 11.5. The first-order valence-electron chi connectivity index (χ1n) is 14.1. The van der Waals surface area contributed by atoms with Gasteiger partial charge in [0.25, 0.3) is 0 Å². The van der Waals surface area contributed by atoms with Crippen molar-refractivity contribution in [1.82, 2.24) is 0 Å². The summed E-state index contributed by atoms with van der Waals surface area (Å²) in [6.07, 6.45) is 12.7. The molecular weight excluding hydrogens is 464 g/mol. The summed E-state index contributed by atoms with van der Waals surface area (Å²) < 4.78 is 11.0. The fourth-order valence-corrected chi connectivity index (χ4v) is 6.58. The molecule has 4 heteroatoms. The van der Waals surface area contributed by atoms with Crippen molar-refractivity contribution >= 4 is 17.7 Å². The van der Waals surface area contributed by atoms with E-state index in [1.807, 2.05) is 30.8 Å². The zero-order valence-corrected chi connectivity index (χ0v) is 23.7. The molecule has 3 nitrogen and oxygen atoms in total. The van der Waals surface area contributed by atoms with Gasteiger partial charge in [-0.3, -0.25) is 4.79 Å². The Morgan fingerprint density at radius 1 is 1.00 bits per heavy atom. The van der Waals surface area contributed by atoms with Crippen LogP contribution in [0.4, 0.5) is 0 Å². The SMILES string of the molecule is CCCCCCc1cc2c(cc1C#Cc1ccc(CCCCC(=O)OCC)o1)C(CC)(CC)CCS2. The smallest absolute Gasteiger partial charge is 0.305 e. The molecular formula is C32H44O3S. The van der Waals surface area contributed by atoms with Gasteiger partial charge >= 0.3 is 5.97 Å². The number of furan rings is 1. The first kappa shape index (κ1) is 28.5. The topological polar surface area (TPSA) is 39.4 Å². The number of benzene rings is 1. The minimum atomic E-state index is -0.118. The van der Waals surface area contributed by atoms with Crippen molar-refractivity contribution in [2.45, 2.75) is 115 Å². The van der Waals surface area contributed by atoms with Crippen LogP contribution in [0.1, 0.15) is 120 Å². The number of hydrogen-bond acceptors (Lipinski definition) is 4. The second kappa shape index (κ2) is 14.6. The summed E-state index contributed by atoms with van der Waals surface area (Å²) in [6.45, 7) is 9.22. The molecule has 196 valence electrons. The van der Waals surface area contributed by atoms with Crippen LogP contribution in [0.5, 0.6) is 0 Å². The van der Waals surface area contributed by atoms with Crippen LogP contribution in [-0.4, -0.2) is 18.3 Å². The van der Waals surface area contributed by atoms with Gasteiger partial charge in [-0.25, -0.2) is 0 Å². The largest absolute Gasteiger partial charge is 0.466 e. The van der Waals surface area contributed by atoms with Crippen LogP contribution in [0.15, 0.2) is 33.6 Å². The number of esters is 1. The lowest BCUT2D eigenvalue weighted by Crippen LogP contribution is -2.29. The van der Waals surface area contributed by atoms with Gasteiger partial charge in [0.15, 0.2) is 5.76 Å². The molecule has 3 rings (SSSR count). The maximum Gasteiger partial charge on any atom is 0.305 e. The highest BCUT2D eigenvalue weighted by molar-refractivity contribution is 7.99. The number of ether oxygens (including phenoxy) is 1. The third-order valence-electron chi connectivity index (χ3n) is 7.61. The van der Waals surface area contributed by atoms with E-state index >= 15 is 0 Å². The van der Waals surface area contributed by atoms with E-state index in [1.165, 1.54) is 72.3 Å². The second-order valence-electron chi connectivity index (χ2n) is 9.93. The lowest BCUT2D eigenvalue weighted by Gasteiger charge is -2.38. The first-order chi connectivity index (χ1) is 17.5. The van der Waals surface area contributed by atoms with Gasteiger partial charge in [-0.05, 0) is 104 Å². The Balaban J connectivity index is 1.77. The molecule has 0 N–H and O–H groups in total. The van der Waals surface area contributed by atoms with Crippen molar-refractivity contribution in [1.29, 1.82) is 0 Å². The van der Waals surface area contributed by atoms with E-state index in [0.717, 1.165) is 37.2 Å². The Bertz CT molecular complexity index is 1040. The quantitative estimate of drug-likeness (QED) is 0.154. The molecule has 0 aliphatic carbocycles. The van der Waals surface area contributed by atoms with Crippen LogP contribution in [0.25, 0.3) is 0 Å². The molecule has 2 heterocycles. The average Bonchev–Trinajstić information content (AvgIpc) is 3.35. The van der Waals surface area contributed by atoms with Crippen LogP contribution >= 0.6 is 11.8 Å². The van der Waals surface area contributed by atoms with Crippen molar-refractivity contribution in [3.63, 3.8) is 0 Å². The number of aryl methyl sites for hydroxylation is 2. The fraction of sp³-hybridized carbons (Fsp3) is 0.594. The summed E-state index contributed by atoms with van der Waals surface area (Å²) >= 11 is 2.02. The summed E-state index contributed by atoms with van der Waals surface area (Å²) in [5, 5.41) is 0. The molecule has 0 fully saturated rings. The van der Waals surface area contributed by atoms with Crippen LogP contribution in [0.3, 0.4) is 0 Å². The van der Waals surface area contributed by atoms with Crippen LogP contribution in [0, 0.1) is 11.8 Å². The lowest BCUT2D eigenvalue weighted by atomic mass is 9.72.